The van der Waals surface area contributed by atoms with E-state index in [1.54, 1.807) is 0 Å². The zero-order valence-corrected chi connectivity index (χ0v) is 34.7. The third kappa shape index (κ3) is 40.2. The Morgan fingerprint density at radius 1 is 0.545 bits per heavy atom. The molecule has 0 aliphatic rings. The predicted octanol–water partition coefficient (Wildman–Crippen LogP) is 11.6. The molecule has 0 fully saturated rings. The van der Waals surface area contributed by atoms with Gasteiger partial charge in [-0.2, -0.15) is 0 Å². The standard InChI is InChI=1S/C45H72NO8P/c1-3-5-7-9-11-13-15-17-18-19-20-21-22-23-24-26-28-30-32-34-36-38-45(48)54-43(42-53-55(49,50)52-40-39-46)41-51-44(47)37-35-33-31-29-27-25-16-14-12-10-8-6-4-2/h5-8,11-14,17-18,20-21,23-25,27-28,30,43H,3-4,9-10,15-16,19,22,26,29,31-42,46H2,1-2H3,(H,49,50)/b7-5-,8-6-,13-11-,14-12-,18-17-,21-20-,24-23-,27-25-,30-28-. The maximum atomic E-state index is 12.6. The molecule has 0 bridgehead atoms. The van der Waals surface area contributed by atoms with Crippen molar-refractivity contribution in [2.75, 3.05) is 26.4 Å². The van der Waals surface area contributed by atoms with Crippen LogP contribution in [0.3, 0.4) is 0 Å². The molecule has 2 unspecified atom stereocenters. The van der Waals surface area contributed by atoms with Crippen molar-refractivity contribution in [2.45, 2.75) is 136 Å². The molecule has 3 N–H and O–H groups in total. The van der Waals surface area contributed by atoms with Gasteiger partial charge in [0.05, 0.1) is 13.2 Å². The first-order chi connectivity index (χ1) is 26.8. The molecule has 55 heavy (non-hydrogen) atoms. The van der Waals surface area contributed by atoms with Crippen molar-refractivity contribution in [1.82, 2.24) is 0 Å². The molecule has 0 spiro atoms. The topological polar surface area (TPSA) is 134 Å². The monoisotopic (exact) mass is 785 g/mol. The Balaban J connectivity index is 4.34. The van der Waals surface area contributed by atoms with Gasteiger partial charge in [-0.25, -0.2) is 4.57 Å². The second-order valence-corrected chi connectivity index (χ2v) is 14.2. The lowest BCUT2D eigenvalue weighted by Crippen LogP contribution is -2.29. The van der Waals surface area contributed by atoms with E-state index in [9.17, 15) is 19.0 Å². The molecule has 10 heteroatoms. The van der Waals surface area contributed by atoms with E-state index in [1.807, 2.05) is 0 Å². The second kappa shape index (κ2) is 40.3. The number of phosphoric ester groups is 1. The van der Waals surface area contributed by atoms with Crippen LogP contribution >= 0.6 is 7.82 Å². The van der Waals surface area contributed by atoms with Gasteiger partial charge in [-0.05, 0) is 96.3 Å². The highest BCUT2D eigenvalue weighted by Gasteiger charge is 2.25. The molecule has 0 saturated carbocycles. The van der Waals surface area contributed by atoms with E-state index >= 15 is 0 Å². The smallest absolute Gasteiger partial charge is 0.462 e. The van der Waals surface area contributed by atoms with E-state index in [4.69, 9.17) is 24.3 Å². The molecule has 0 saturated heterocycles. The molecule has 0 aromatic rings. The molecule has 0 aliphatic carbocycles. The van der Waals surface area contributed by atoms with Crippen LogP contribution in [0.25, 0.3) is 0 Å². The lowest BCUT2D eigenvalue weighted by molar-refractivity contribution is -0.161. The number of allylic oxidation sites excluding steroid dienone is 18. The summed E-state index contributed by atoms with van der Waals surface area (Å²) in [5.41, 5.74) is 5.33. The molecule has 0 rings (SSSR count). The van der Waals surface area contributed by atoms with Gasteiger partial charge in [-0.3, -0.25) is 18.6 Å². The Labute approximate surface area is 333 Å². The van der Waals surface area contributed by atoms with E-state index in [0.717, 1.165) is 89.9 Å². The molecular weight excluding hydrogens is 713 g/mol. The molecule has 0 heterocycles. The van der Waals surface area contributed by atoms with Crippen LogP contribution in [-0.4, -0.2) is 49.3 Å². The van der Waals surface area contributed by atoms with Crippen molar-refractivity contribution >= 4 is 19.8 Å². The minimum atomic E-state index is -4.40. The number of rotatable bonds is 36. The van der Waals surface area contributed by atoms with Crippen molar-refractivity contribution in [3.63, 3.8) is 0 Å². The maximum Gasteiger partial charge on any atom is 0.472 e. The van der Waals surface area contributed by atoms with Crippen molar-refractivity contribution in [3.8, 4) is 0 Å². The molecule has 0 aromatic heterocycles. The van der Waals surface area contributed by atoms with Gasteiger partial charge in [0.25, 0.3) is 0 Å². The van der Waals surface area contributed by atoms with Crippen LogP contribution in [0.4, 0.5) is 0 Å². The highest BCUT2D eigenvalue weighted by molar-refractivity contribution is 7.47. The molecule has 0 aliphatic heterocycles. The zero-order chi connectivity index (χ0) is 40.3. The minimum Gasteiger partial charge on any atom is -0.462 e. The number of esters is 2. The van der Waals surface area contributed by atoms with Gasteiger partial charge in [-0.15, -0.1) is 0 Å². The zero-order valence-electron chi connectivity index (χ0n) is 33.9. The van der Waals surface area contributed by atoms with Gasteiger partial charge < -0.3 is 20.1 Å². The quantitative estimate of drug-likeness (QED) is 0.0275. The van der Waals surface area contributed by atoms with Gasteiger partial charge in [0.15, 0.2) is 6.10 Å². The van der Waals surface area contributed by atoms with Gasteiger partial charge in [0.2, 0.25) is 0 Å². The van der Waals surface area contributed by atoms with Crippen LogP contribution in [-0.2, 0) is 32.7 Å². The summed E-state index contributed by atoms with van der Waals surface area (Å²) in [6, 6.07) is 0. The second-order valence-electron chi connectivity index (χ2n) is 12.7. The number of nitrogens with two attached hydrogens (primary N) is 1. The highest BCUT2D eigenvalue weighted by Crippen LogP contribution is 2.43. The van der Waals surface area contributed by atoms with Crippen LogP contribution < -0.4 is 5.73 Å². The Kier molecular flexibility index (Phi) is 37.9. The Morgan fingerprint density at radius 2 is 0.945 bits per heavy atom. The van der Waals surface area contributed by atoms with Crippen molar-refractivity contribution in [1.29, 1.82) is 0 Å². The highest BCUT2D eigenvalue weighted by atomic mass is 31.2. The third-order valence-corrected chi connectivity index (χ3v) is 8.64. The van der Waals surface area contributed by atoms with E-state index in [1.165, 1.54) is 0 Å². The van der Waals surface area contributed by atoms with Crippen molar-refractivity contribution < 1.29 is 37.6 Å². The SMILES string of the molecule is CC/C=C\C/C=C\C/C=C\C/C=C\C/C=C\C/C=C\CCCCC(=O)OC(COC(=O)CCCCC/C=C\C/C=C\C/C=C\CC)COP(=O)(O)OCCN. The lowest BCUT2D eigenvalue weighted by atomic mass is 10.1. The summed E-state index contributed by atoms with van der Waals surface area (Å²) in [5.74, 6) is -0.929. The average Bonchev–Trinajstić information content (AvgIpc) is 3.17. The fraction of sp³-hybridized carbons (Fsp3) is 0.556. The summed E-state index contributed by atoms with van der Waals surface area (Å²) >= 11 is 0. The number of ether oxygens (including phenoxy) is 2. The van der Waals surface area contributed by atoms with Gasteiger partial charge in [-0.1, -0.05) is 130 Å². The third-order valence-electron chi connectivity index (χ3n) is 7.65. The number of hydrogen-bond donors (Lipinski definition) is 2. The Morgan fingerprint density at radius 3 is 1.40 bits per heavy atom. The number of carbonyl (C=O) groups excluding carboxylic acids is 2. The summed E-state index contributed by atoms with van der Waals surface area (Å²) in [4.78, 5) is 34.8. The number of unbranched alkanes of at least 4 members (excludes halogenated alkanes) is 5. The molecule has 2 atom stereocenters. The predicted molar refractivity (Wildman–Crippen MR) is 228 cm³/mol. The molecule has 9 nitrogen and oxygen atoms in total. The summed E-state index contributed by atoms with van der Waals surface area (Å²) in [6.45, 7) is 3.37. The normalized spacial score (nSPS) is 14.5. The van der Waals surface area contributed by atoms with Crippen LogP contribution in [0.5, 0.6) is 0 Å². The first-order valence-electron chi connectivity index (χ1n) is 20.4. The fourth-order valence-corrected chi connectivity index (χ4v) is 5.47. The first-order valence-corrected chi connectivity index (χ1v) is 21.9. The molecule has 0 radical (unpaired) electrons. The number of hydrogen-bond acceptors (Lipinski definition) is 8. The van der Waals surface area contributed by atoms with Crippen LogP contribution in [0.1, 0.15) is 129 Å². The number of phosphoric acid groups is 1. The van der Waals surface area contributed by atoms with E-state index in [-0.39, 0.29) is 32.6 Å². The van der Waals surface area contributed by atoms with Crippen molar-refractivity contribution in [2.24, 2.45) is 5.73 Å². The summed E-state index contributed by atoms with van der Waals surface area (Å²) < 4.78 is 32.6. The van der Waals surface area contributed by atoms with Crippen LogP contribution in [0.2, 0.25) is 0 Å². The Bertz CT molecular complexity index is 1260. The average molecular weight is 786 g/mol. The van der Waals surface area contributed by atoms with E-state index in [2.05, 4.69) is 123 Å². The number of carbonyl (C=O) groups is 2. The summed E-state index contributed by atoms with van der Waals surface area (Å²) in [7, 11) is -4.40. The van der Waals surface area contributed by atoms with Crippen molar-refractivity contribution in [3.05, 3.63) is 109 Å². The van der Waals surface area contributed by atoms with Gasteiger partial charge in [0.1, 0.15) is 6.61 Å². The lowest BCUT2D eigenvalue weighted by Gasteiger charge is -2.19. The fourth-order valence-electron chi connectivity index (χ4n) is 4.71. The molecular formula is C45H72NO8P. The molecule has 0 aromatic carbocycles. The van der Waals surface area contributed by atoms with E-state index < -0.39 is 32.5 Å². The van der Waals surface area contributed by atoms with Crippen LogP contribution in [0.15, 0.2) is 109 Å². The largest absolute Gasteiger partial charge is 0.472 e. The first kappa shape index (κ1) is 51.7. The van der Waals surface area contributed by atoms with Gasteiger partial charge >= 0.3 is 19.8 Å². The van der Waals surface area contributed by atoms with E-state index in [0.29, 0.717) is 12.8 Å². The van der Waals surface area contributed by atoms with Gasteiger partial charge in [0, 0.05) is 19.4 Å². The van der Waals surface area contributed by atoms with Crippen LogP contribution in [0, 0.1) is 0 Å². The Hall–Kier alpha value is -3.33. The summed E-state index contributed by atoms with van der Waals surface area (Å²) in [5, 5.41) is 0. The maximum absolute atomic E-state index is 12.6. The summed E-state index contributed by atoms with van der Waals surface area (Å²) in [6.07, 6.45) is 52.7. The molecule has 0 amide bonds. The molecule has 310 valence electrons. The minimum absolute atomic E-state index is 0.0351.